The lowest BCUT2D eigenvalue weighted by Gasteiger charge is -2.14. The average Bonchev–Trinajstić information content (AvgIpc) is 3.10. The van der Waals surface area contributed by atoms with Crippen LogP contribution in [-0.2, 0) is 11.3 Å². The first-order valence-corrected chi connectivity index (χ1v) is 9.90. The van der Waals surface area contributed by atoms with Crippen LogP contribution in [0.25, 0.3) is 11.4 Å². The van der Waals surface area contributed by atoms with Gasteiger partial charge in [0.05, 0.1) is 11.8 Å². The van der Waals surface area contributed by atoms with E-state index in [4.69, 9.17) is 0 Å². The van der Waals surface area contributed by atoms with Crippen molar-refractivity contribution in [2.75, 3.05) is 5.75 Å². The number of rotatable bonds is 7. The molecule has 0 saturated heterocycles. The van der Waals surface area contributed by atoms with Gasteiger partial charge in [0.2, 0.25) is 5.91 Å². The van der Waals surface area contributed by atoms with Gasteiger partial charge in [-0.2, -0.15) is 0 Å². The molecular formula is C20H23N5OS. The zero-order valence-electron chi connectivity index (χ0n) is 15.7. The van der Waals surface area contributed by atoms with E-state index in [-0.39, 0.29) is 11.9 Å². The second-order valence-electron chi connectivity index (χ2n) is 6.22. The van der Waals surface area contributed by atoms with Crippen LogP contribution in [0.4, 0.5) is 0 Å². The maximum Gasteiger partial charge on any atom is 0.230 e. The third kappa shape index (κ3) is 4.54. The largest absolute Gasteiger partial charge is 0.349 e. The summed E-state index contributed by atoms with van der Waals surface area (Å²) in [6.07, 6.45) is 3.45. The van der Waals surface area contributed by atoms with Crippen LogP contribution >= 0.6 is 11.8 Å². The number of carbonyl (C=O) groups excluding carboxylic acids is 1. The van der Waals surface area contributed by atoms with Crippen molar-refractivity contribution < 1.29 is 4.79 Å². The molecular weight excluding hydrogens is 358 g/mol. The second kappa shape index (κ2) is 8.81. The normalized spacial score (nSPS) is 12.0. The Kier molecular flexibility index (Phi) is 6.24. The molecule has 1 unspecified atom stereocenters. The van der Waals surface area contributed by atoms with Gasteiger partial charge in [-0.15, -0.1) is 10.2 Å². The Labute approximate surface area is 163 Å². The van der Waals surface area contributed by atoms with Crippen molar-refractivity contribution in [1.29, 1.82) is 0 Å². The van der Waals surface area contributed by atoms with Gasteiger partial charge in [-0.3, -0.25) is 9.78 Å². The van der Waals surface area contributed by atoms with Gasteiger partial charge < -0.3 is 9.88 Å². The molecule has 7 heteroatoms. The Balaban J connectivity index is 1.66. The fourth-order valence-electron chi connectivity index (χ4n) is 2.85. The molecule has 0 radical (unpaired) electrons. The topological polar surface area (TPSA) is 72.7 Å². The van der Waals surface area contributed by atoms with E-state index in [1.165, 1.54) is 11.8 Å². The summed E-state index contributed by atoms with van der Waals surface area (Å²) < 4.78 is 2.05. The van der Waals surface area contributed by atoms with Crippen LogP contribution in [0, 0.1) is 6.92 Å². The van der Waals surface area contributed by atoms with E-state index in [0.717, 1.165) is 34.2 Å². The highest BCUT2D eigenvalue weighted by Crippen LogP contribution is 2.26. The summed E-state index contributed by atoms with van der Waals surface area (Å²) in [6.45, 7) is 6.82. The van der Waals surface area contributed by atoms with E-state index in [1.54, 1.807) is 12.4 Å². The molecule has 140 valence electrons. The summed E-state index contributed by atoms with van der Waals surface area (Å²) in [6, 6.07) is 11.9. The summed E-state index contributed by atoms with van der Waals surface area (Å²) >= 11 is 1.40. The highest BCUT2D eigenvalue weighted by Gasteiger charge is 2.16. The Morgan fingerprint density at radius 1 is 1.19 bits per heavy atom. The van der Waals surface area contributed by atoms with E-state index >= 15 is 0 Å². The Morgan fingerprint density at radius 2 is 1.93 bits per heavy atom. The van der Waals surface area contributed by atoms with E-state index in [9.17, 15) is 4.79 Å². The Morgan fingerprint density at radius 3 is 2.63 bits per heavy atom. The second-order valence-corrected chi connectivity index (χ2v) is 7.17. The molecule has 0 aliphatic heterocycles. The van der Waals surface area contributed by atoms with E-state index in [1.807, 2.05) is 41.8 Å². The van der Waals surface area contributed by atoms with Gasteiger partial charge in [-0.1, -0.05) is 36.0 Å². The number of hydrogen-bond acceptors (Lipinski definition) is 5. The number of aryl methyl sites for hydroxylation is 1. The predicted molar refractivity (Wildman–Crippen MR) is 107 cm³/mol. The number of benzene rings is 1. The van der Waals surface area contributed by atoms with Crippen molar-refractivity contribution in [2.24, 2.45) is 0 Å². The zero-order valence-corrected chi connectivity index (χ0v) is 16.5. The van der Waals surface area contributed by atoms with Crippen LogP contribution in [0.2, 0.25) is 0 Å². The minimum absolute atomic E-state index is 0.0348. The number of hydrogen-bond donors (Lipinski definition) is 1. The maximum atomic E-state index is 12.3. The van der Waals surface area contributed by atoms with Gasteiger partial charge in [0.25, 0.3) is 0 Å². The smallest absolute Gasteiger partial charge is 0.230 e. The van der Waals surface area contributed by atoms with E-state index < -0.39 is 0 Å². The van der Waals surface area contributed by atoms with Crippen molar-refractivity contribution in [3.8, 4) is 11.4 Å². The third-order valence-corrected chi connectivity index (χ3v) is 5.30. The van der Waals surface area contributed by atoms with E-state index in [0.29, 0.717) is 5.75 Å². The monoisotopic (exact) mass is 381 g/mol. The van der Waals surface area contributed by atoms with Gasteiger partial charge in [0.1, 0.15) is 0 Å². The molecule has 27 heavy (non-hydrogen) atoms. The molecule has 6 nitrogen and oxygen atoms in total. The van der Waals surface area contributed by atoms with Crippen molar-refractivity contribution in [1.82, 2.24) is 25.1 Å². The van der Waals surface area contributed by atoms with Crippen LogP contribution in [0.3, 0.4) is 0 Å². The molecule has 2 aromatic heterocycles. The zero-order chi connectivity index (χ0) is 19.2. The van der Waals surface area contributed by atoms with Crippen molar-refractivity contribution in [3.63, 3.8) is 0 Å². The van der Waals surface area contributed by atoms with Gasteiger partial charge >= 0.3 is 0 Å². The average molecular weight is 382 g/mol. The molecule has 0 aliphatic rings. The van der Waals surface area contributed by atoms with Crippen LogP contribution < -0.4 is 5.32 Å². The minimum Gasteiger partial charge on any atom is -0.349 e. The summed E-state index contributed by atoms with van der Waals surface area (Å²) in [5.41, 5.74) is 3.25. The van der Waals surface area contributed by atoms with Gasteiger partial charge in [0, 0.05) is 24.5 Å². The quantitative estimate of drug-likeness (QED) is 0.633. The molecule has 3 rings (SSSR count). The molecule has 0 fully saturated rings. The molecule has 2 heterocycles. The molecule has 1 N–H and O–H groups in total. The number of pyridine rings is 1. The lowest BCUT2D eigenvalue weighted by Crippen LogP contribution is -2.28. The summed E-state index contributed by atoms with van der Waals surface area (Å²) in [5.74, 6) is 1.09. The minimum atomic E-state index is -0.0623. The number of nitrogens with one attached hydrogen (secondary N) is 1. The SMILES string of the molecule is CCn1c(SCC(=O)NC(C)c2ccncc2)nnc1-c1ccccc1C. The lowest BCUT2D eigenvalue weighted by atomic mass is 10.1. The molecule has 3 aromatic rings. The number of carbonyl (C=O) groups is 1. The fraction of sp³-hybridized carbons (Fsp3) is 0.300. The van der Waals surface area contributed by atoms with Crippen LogP contribution in [0.15, 0.2) is 53.9 Å². The van der Waals surface area contributed by atoms with E-state index in [2.05, 4.69) is 40.4 Å². The first-order chi connectivity index (χ1) is 13.1. The van der Waals surface area contributed by atoms with Crippen LogP contribution in [0.1, 0.15) is 31.0 Å². The highest BCUT2D eigenvalue weighted by molar-refractivity contribution is 7.99. The molecule has 1 atom stereocenters. The number of amides is 1. The number of aromatic nitrogens is 4. The summed E-state index contributed by atoms with van der Waals surface area (Å²) in [4.78, 5) is 16.3. The van der Waals surface area contributed by atoms with Crippen molar-refractivity contribution in [2.45, 2.75) is 38.5 Å². The Hall–Kier alpha value is -2.67. The molecule has 1 aromatic carbocycles. The molecule has 0 bridgehead atoms. The lowest BCUT2D eigenvalue weighted by molar-refractivity contribution is -0.119. The summed E-state index contributed by atoms with van der Waals surface area (Å²) in [5, 5.41) is 12.4. The standard InChI is InChI=1S/C20H23N5OS/c1-4-25-19(17-8-6-5-7-14(17)2)23-24-20(25)27-13-18(26)22-15(3)16-9-11-21-12-10-16/h5-12,15H,4,13H2,1-3H3,(H,22,26). The molecule has 0 aliphatic carbocycles. The Bertz CT molecular complexity index is 910. The third-order valence-electron chi connectivity index (χ3n) is 4.33. The van der Waals surface area contributed by atoms with Crippen molar-refractivity contribution >= 4 is 17.7 Å². The first kappa shape index (κ1) is 19.1. The number of nitrogens with zero attached hydrogens (tertiary/aromatic N) is 4. The number of thioether (sulfide) groups is 1. The molecule has 0 saturated carbocycles. The van der Waals surface area contributed by atoms with Gasteiger partial charge in [0.15, 0.2) is 11.0 Å². The maximum absolute atomic E-state index is 12.3. The van der Waals surface area contributed by atoms with Gasteiger partial charge in [-0.25, -0.2) is 0 Å². The van der Waals surface area contributed by atoms with Crippen molar-refractivity contribution in [3.05, 3.63) is 59.9 Å². The predicted octanol–water partition coefficient (Wildman–Crippen LogP) is 3.64. The molecule has 1 amide bonds. The highest BCUT2D eigenvalue weighted by atomic mass is 32.2. The fourth-order valence-corrected chi connectivity index (χ4v) is 3.67. The molecule has 0 spiro atoms. The van der Waals surface area contributed by atoms with Gasteiger partial charge in [-0.05, 0) is 44.0 Å². The van der Waals surface area contributed by atoms with Crippen LogP contribution in [-0.4, -0.2) is 31.4 Å². The first-order valence-electron chi connectivity index (χ1n) is 8.91. The van der Waals surface area contributed by atoms with Crippen LogP contribution in [0.5, 0.6) is 0 Å². The summed E-state index contributed by atoms with van der Waals surface area (Å²) in [7, 11) is 0.